The van der Waals surface area contributed by atoms with Crippen molar-refractivity contribution in [3.8, 4) is 0 Å². The van der Waals surface area contributed by atoms with Crippen molar-refractivity contribution >= 4 is 22.0 Å². The molecule has 0 atom stereocenters. The predicted octanol–water partition coefficient (Wildman–Crippen LogP) is 0.770. The fraction of sp³-hybridized carbons (Fsp3) is 0.500. The van der Waals surface area contributed by atoms with Gasteiger partial charge in [0.2, 0.25) is 10.0 Å². The van der Waals surface area contributed by atoms with E-state index in [-0.39, 0.29) is 10.8 Å². The third-order valence-electron chi connectivity index (χ3n) is 4.19. The zero-order chi connectivity index (χ0) is 18.8. The van der Waals surface area contributed by atoms with Crippen molar-refractivity contribution in [3.63, 3.8) is 0 Å². The molecule has 0 aromatic heterocycles. The number of methoxy groups -OCH3 is 1. The van der Waals surface area contributed by atoms with Crippen LogP contribution in [0.3, 0.4) is 0 Å². The molecule has 2 amide bonds. The summed E-state index contributed by atoms with van der Waals surface area (Å²) in [5.74, 6) is -0.250. The summed E-state index contributed by atoms with van der Waals surface area (Å²) in [6.45, 7) is 3.20. The Morgan fingerprint density at radius 3 is 2.16 bits per heavy atom. The van der Waals surface area contributed by atoms with Crippen LogP contribution in [0, 0.1) is 6.92 Å². The van der Waals surface area contributed by atoms with Gasteiger partial charge < -0.3 is 14.5 Å². The fourth-order valence-electron chi connectivity index (χ4n) is 2.61. The van der Waals surface area contributed by atoms with Gasteiger partial charge >= 0.3 is 6.09 Å². The molecule has 1 saturated heterocycles. The summed E-state index contributed by atoms with van der Waals surface area (Å²) in [7, 11) is 0.601. The minimum absolute atomic E-state index is 0.122. The predicted molar refractivity (Wildman–Crippen MR) is 91.9 cm³/mol. The SMILES string of the molecule is COC(=O)N1CCN(C(=O)c2ccc(C)c(S(=O)(=O)N(C)C)c2)CC1. The maximum atomic E-state index is 12.7. The van der Waals surface area contributed by atoms with Gasteiger partial charge in [-0.05, 0) is 24.6 Å². The van der Waals surface area contributed by atoms with E-state index in [0.29, 0.717) is 37.3 Å². The number of amides is 2. The number of nitrogens with zero attached hydrogens (tertiary/aromatic N) is 3. The van der Waals surface area contributed by atoms with Crippen LogP contribution in [0.25, 0.3) is 0 Å². The number of ether oxygens (including phenoxy) is 1. The van der Waals surface area contributed by atoms with Gasteiger partial charge in [-0.1, -0.05) is 6.07 Å². The quantitative estimate of drug-likeness (QED) is 0.785. The summed E-state index contributed by atoms with van der Waals surface area (Å²) < 4.78 is 30.6. The number of sulfonamides is 1. The van der Waals surface area contributed by atoms with Gasteiger partial charge in [-0.2, -0.15) is 0 Å². The zero-order valence-electron chi connectivity index (χ0n) is 14.9. The Kier molecular flexibility index (Phi) is 5.69. The lowest BCUT2D eigenvalue weighted by atomic mass is 10.1. The highest BCUT2D eigenvalue weighted by atomic mass is 32.2. The summed E-state index contributed by atoms with van der Waals surface area (Å²) in [6.07, 6.45) is -0.415. The molecule has 1 aromatic rings. The fourth-order valence-corrected chi connectivity index (χ4v) is 3.76. The molecule has 1 aromatic carbocycles. The molecule has 0 N–H and O–H groups in total. The lowest BCUT2D eigenvalue weighted by Crippen LogP contribution is -2.50. The van der Waals surface area contributed by atoms with Crippen molar-refractivity contribution in [2.45, 2.75) is 11.8 Å². The normalized spacial score (nSPS) is 15.4. The summed E-state index contributed by atoms with van der Waals surface area (Å²) in [4.78, 5) is 27.4. The first-order valence-corrected chi connectivity index (χ1v) is 9.28. The van der Waals surface area contributed by atoms with Crippen LogP contribution in [-0.4, -0.2) is 81.9 Å². The van der Waals surface area contributed by atoms with Gasteiger partial charge in [0, 0.05) is 45.8 Å². The number of hydrogen-bond donors (Lipinski definition) is 0. The van der Waals surface area contributed by atoms with E-state index >= 15 is 0 Å². The third-order valence-corrected chi connectivity index (χ3v) is 6.15. The summed E-state index contributed by atoms with van der Waals surface area (Å²) >= 11 is 0. The molecule has 0 spiro atoms. The largest absolute Gasteiger partial charge is 0.453 e. The number of carbonyl (C=O) groups excluding carboxylic acids is 2. The van der Waals surface area contributed by atoms with Crippen LogP contribution < -0.4 is 0 Å². The molecule has 1 fully saturated rings. The van der Waals surface area contributed by atoms with E-state index in [1.807, 2.05) is 0 Å². The summed E-state index contributed by atoms with van der Waals surface area (Å²) in [5, 5.41) is 0. The lowest BCUT2D eigenvalue weighted by Gasteiger charge is -2.34. The molecular weight excluding hydrogens is 346 g/mol. The van der Waals surface area contributed by atoms with Crippen LogP contribution in [0.2, 0.25) is 0 Å². The zero-order valence-corrected chi connectivity index (χ0v) is 15.7. The Labute approximate surface area is 148 Å². The van der Waals surface area contributed by atoms with Crippen LogP contribution in [-0.2, 0) is 14.8 Å². The second kappa shape index (κ2) is 7.40. The van der Waals surface area contributed by atoms with Crippen LogP contribution in [0.15, 0.2) is 23.1 Å². The highest BCUT2D eigenvalue weighted by Gasteiger charge is 2.27. The minimum Gasteiger partial charge on any atom is -0.453 e. The molecule has 25 heavy (non-hydrogen) atoms. The van der Waals surface area contributed by atoms with E-state index in [9.17, 15) is 18.0 Å². The first kappa shape index (κ1) is 19.2. The first-order valence-electron chi connectivity index (χ1n) is 7.84. The van der Waals surface area contributed by atoms with Gasteiger partial charge in [0.15, 0.2) is 0 Å². The van der Waals surface area contributed by atoms with E-state index in [2.05, 4.69) is 4.74 Å². The Balaban J connectivity index is 2.20. The van der Waals surface area contributed by atoms with Crippen LogP contribution >= 0.6 is 0 Å². The van der Waals surface area contributed by atoms with E-state index in [1.165, 1.54) is 32.2 Å². The topological polar surface area (TPSA) is 87.2 Å². The molecule has 8 nitrogen and oxygen atoms in total. The molecule has 2 rings (SSSR count). The van der Waals surface area contributed by atoms with E-state index in [4.69, 9.17) is 0 Å². The first-order chi connectivity index (χ1) is 11.7. The molecule has 1 heterocycles. The van der Waals surface area contributed by atoms with Crippen molar-refractivity contribution in [1.82, 2.24) is 14.1 Å². The van der Waals surface area contributed by atoms with E-state index < -0.39 is 16.1 Å². The van der Waals surface area contributed by atoms with E-state index in [0.717, 1.165) is 4.31 Å². The van der Waals surface area contributed by atoms with Gasteiger partial charge in [0.05, 0.1) is 12.0 Å². The van der Waals surface area contributed by atoms with Gasteiger partial charge in [-0.25, -0.2) is 17.5 Å². The Hall–Kier alpha value is -2.13. The van der Waals surface area contributed by atoms with Gasteiger partial charge in [0.25, 0.3) is 5.91 Å². The lowest BCUT2D eigenvalue weighted by molar-refractivity contribution is 0.0599. The summed E-state index contributed by atoms with van der Waals surface area (Å²) in [5.41, 5.74) is 0.901. The van der Waals surface area contributed by atoms with Crippen LogP contribution in [0.4, 0.5) is 4.79 Å². The number of hydrogen-bond acceptors (Lipinski definition) is 5. The molecule has 0 aliphatic carbocycles. The van der Waals surface area contributed by atoms with Gasteiger partial charge in [0.1, 0.15) is 0 Å². The minimum atomic E-state index is -3.62. The second-order valence-electron chi connectivity index (χ2n) is 6.02. The number of carbonyl (C=O) groups is 2. The number of piperazine rings is 1. The number of benzene rings is 1. The molecule has 138 valence electrons. The maximum Gasteiger partial charge on any atom is 0.409 e. The van der Waals surface area contributed by atoms with Crippen LogP contribution in [0.5, 0.6) is 0 Å². The van der Waals surface area contributed by atoms with Gasteiger partial charge in [-0.3, -0.25) is 4.79 Å². The highest BCUT2D eigenvalue weighted by molar-refractivity contribution is 7.89. The molecule has 9 heteroatoms. The number of aryl methyl sites for hydroxylation is 1. The third kappa shape index (κ3) is 3.93. The second-order valence-corrected chi connectivity index (χ2v) is 8.14. The molecule has 1 aliphatic rings. The molecule has 0 saturated carbocycles. The standard InChI is InChI=1S/C16H23N3O5S/c1-12-5-6-13(11-14(12)25(22,23)17(2)3)15(20)18-7-9-19(10-8-18)16(21)24-4/h5-6,11H,7-10H2,1-4H3. The average molecular weight is 369 g/mol. The van der Waals surface area contributed by atoms with Crippen molar-refractivity contribution in [1.29, 1.82) is 0 Å². The highest BCUT2D eigenvalue weighted by Crippen LogP contribution is 2.21. The van der Waals surface area contributed by atoms with Crippen LogP contribution in [0.1, 0.15) is 15.9 Å². The Bertz CT molecular complexity index is 768. The van der Waals surface area contributed by atoms with Crippen molar-refractivity contribution in [2.75, 3.05) is 47.4 Å². The number of rotatable bonds is 3. The van der Waals surface area contributed by atoms with E-state index in [1.54, 1.807) is 24.0 Å². The average Bonchev–Trinajstić information content (AvgIpc) is 2.60. The monoisotopic (exact) mass is 369 g/mol. The van der Waals surface area contributed by atoms with Crippen molar-refractivity contribution in [2.24, 2.45) is 0 Å². The van der Waals surface area contributed by atoms with Crippen molar-refractivity contribution in [3.05, 3.63) is 29.3 Å². The Morgan fingerprint density at radius 1 is 1.08 bits per heavy atom. The summed E-state index contributed by atoms with van der Waals surface area (Å²) in [6, 6.07) is 4.67. The smallest absolute Gasteiger partial charge is 0.409 e. The molecular formula is C16H23N3O5S. The maximum absolute atomic E-state index is 12.7. The molecule has 0 radical (unpaired) electrons. The molecule has 1 aliphatic heterocycles. The Morgan fingerprint density at radius 2 is 1.64 bits per heavy atom. The molecule has 0 unspecified atom stereocenters. The molecule has 0 bridgehead atoms. The van der Waals surface area contributed by atoms with Crippen molar-refractivity contribution < 1.29 is 22.7 Å². The van der Waals surface area contributed by atoms with Gasteiger partial charge in [-0.15, -0.1) is 0 Å².